The van der Waals surface area contributed by atoms with Gasteiger partial charge in [0.15, 0.2) is 0 Å². The van der Waals surface area contributed by atoms with Gasteiger partial charge in [0.1, 0.15) is 10.7 Å². The number of nitriles is 1. The first-order chi connectivity index (χ1) is 10.6. The average Bonchev–Trinajstić information content (AvgIpc) is 2.55. The molecule has 6 nitrogen and oxygen atoms in total. The molecule has 1 unspecified atom stereocenters. The third-order valence-electron chi connectivity index (χ3n) is 2.98. The highest BCUT2D eigenvalue weighted by Crippen LogP contribution is 2.19. The average molecular weight is 318 g/mol. The van der Waals surface area contributed by atoms with Gasteiger partial charge in [0.25, 0.3) is 0 Å². The van der Waals surface area contributed by atoms with E-state index in [1.807, 2.05) is 6.07 Å². The van der Waals surface area contributed by atoms with Crippen molar-refractivity contribution >= 4 is 15.8 Å². The standard InChI is InChI=1S/C15H14N2O4S/c1-20-13-8-7-12(9-10-16)15(11-13)17-21-22(18,19)14-5-3-2-4-6-14/h2-8,11-12H,9H2,1H3. The van der Waals surface area contributed by atoms with E-state index in [2.05, 4.69) is 5.16 Å². The van der Waals surface area contributed by atoms with Crippen LogP contribution in [0.1, 0.15) is 6.42 Å². The number of nitrogens with zero attached hydrogens (tertiary/aromatic N) is 2. The monoisotopic (exact) mass is 318 g/mol. The van der Waals surface area contributed by atoms with E-state index in [0.717, 1.165) is 0 Å². The SMILES string of the molecule is COC1=CC(=NOS(=O)(=O)c2ccccc2)C(CC#N)C=C1. The van der Waals surface area contributed by atoms with Crippen LogP contribution in [-0.2, 0) is 19.1 Å². The summed E-state index contributed by atoms with van der Waals surface area (Å²) in [5.74, 6) is 0.170. The van der Waals surface area contributed by atoms with Crippen LogP contribution in [0.3, 0.4) is 0 Å². The number of ether oxygens (including phenoxy) is 1. The van der Waals surface area contributed by atoms with Crippen LogP contribution < -0.4 is 0 Å². The third-order valence-corrected chi connectivity index (χ3v) is 4.10. The molecule has 22 heavy (non-hydrogen) atoms. The van der Waals surface area contributed by atoms with Gasteiger partial charge in [0, 0.05) is 18.4 Å². The summed E-state index contributed by atoms with van der Waals surface area (Å²) in [6.45, 7) is 0. The zero-order valence-corrected chi connectivity index (χ0v) is 12.7. The maximum absolute atomic E-state index is 12.0. The van der Waals surface area contributed by atoms with Crippen molar-refractivity contribution in [3.63, 3.8) is 0 Å². The normalized spacial score (nSPS) is 19.4. The fourth-order valence-electron chi connectivity index (χ4n) is 1.82. The van der Waals surface area contributed by atoms with Crippen LogP contribution in [-0.4, -0.2) is 21.2 Å². The minimum Gasteiger partial charge on any atom is -0.497 e. The van der Waals surface area contributed by atoms with Crippen molar-refractivity contribution in [1.29, 1.82) is 5.26 Å². The van der Waals surface area contributed by atoms with Gasteiger partial charge in [-0.15, -0.1) is 0 Å². The molecular formula is C15H14N2O4S. The molecule has 0 N–H and O–H groups in total. The van der Waals surface area contributed by atoms with E-state index in [1.165, 1.54) is 19.2 Å². The molecule has 0 radical (unpaired) electrons. The van der Waals surface area contributed by atoms with Gasteiger partial charge in [-0.2, -0.15) is 13.7 Å². The van der Waals surface area contributed by atoms with Crippen LogP contribution in [0.25, 0.3) is 0 Å². The summed E-state index contributed by atoms with van der Waals surface area (Å²) in [5.41, 5.74) is 0.320. The highest BCUT2D eigenvalue weighted by molar-refractivity contribution is 7.86. The number of allylic oxidation sites excluding steroid dienone is 3. The second-order valence-electron chi connectivity index (χ2n) is 4.44. The molecule has 0 amide bonds. The topological polar surface area (TPSA) is 88.8 Å². The van der Waals surface area contributed by atoms with E-state index < -0.39 is 10.1 Å². The zero-order chi connectivity index (χ0) is 16.0. The Bertz CT molecular complexity index is 758. The van der Waals surface area contributed by atoms with Gasteiger partial charge in [-0.3, -0.25) is 4.28 Å². The summed E-state index contributed by atoms with van der Waals surface area (Å²) in [4.78, 5) is 0.0125. The van der Waals surface area contributed by atoms with Gasteiger partial charge in [0.05, 0.1) is 18.9 Å². The molecule has 0 saturated carbocycles. The van der Waals surface area contributed by atoms with E-state index in [-0.39, 0.29) is 17.2 Å². The fraction of sp³-hybridized carbons (Fsp3) is 0.200. The van der Waals surface area contributed by atoms with E-state index in [4.69, 9.17) is 14.3 Å². The Morgan fingerprint density at radius 2 is 2.05 bits per heavy atom. The lowest BCUT2D eigenvalue weighted by Gasteiger charge is -2.14. The Kier molecular flexibility index (Phi) is 4.96. The Hall–Kier alpha value is -2.59. The van der Waals surface area contributed by atoms with Crippen LogP contribution in [0, 0.1) is 17.2 Å². The van der Waals surface area contributed by atoms with Crippen molar-refractivity contribution in [2.75, 3.05) is 7.11 Å². The smallest absolute Gasteiger partial charge is 0.358 e. The summed E-state index contributed by atoms with van der Waals surface area (Å²) in [5, 5.41) is 12.5. The number of oxime groups is 1. The van der Waals surface area contributed by atoms with Crippen LogP contribution in [0.2, 0.25) is 0 Å². The number of rotatable bonds is 5. The maximum Gasteiger partial charge on any atom is 0.358 e. The number of benzene rings is 1. The van der Waals surface area contributed by atoms with Gasteiger partial charge in [-0.05, 0) is 18.2 Å². The zero-order valence-electron chi connectivity index (χ0n) is 11.8. The lowest BCUT2D eigenvalue weighted by Crippen LogP contribution is -2.15. The largest absolute Gasteiger partial charge is 0.497 e. The Morgan fingerprint density at radius 1 is 1.32 bits per heavy atom. The predicted octanol–water partition coefficient (Wildman–Crippen LogP) is 2.38. The molecule has 0 fully saturated rings. The highest BCUT2D eigenvalue weighted by atomic mass is 32.2. The minimum atomic E-state index is -3.99. The lowest BCUT2D eigenvalue weighted by molar-refractivity contribution is 0.304. The first-order valence-corrected chi connectivity index (χ1v) is 7.85. The van der Waals surface area contributed by atoms with E-state index >= 15 is 0 Å². The van der Waals surface area contributed by atoms with Crippen molar-refractivity contribution in [1.82, 2.24) is 0 Å². The lowest BCUT2D eigenvalue weighted by atomic mass is 9.95. The molecule has 0 bridgehead atoms. The molecule has 1 atom stereocenters. The molecule has 1 aromatic carbocycles. The molecule has 1 aliphatic carbocycles. The molecule has 0 heterocycles. The molecule has 1 aliphatic rings. The second-order valence-corrected chi connectivity index (χ2v) is 5.97. The summed E-state index contributed by atoms with van der Waals surface area (Å²) in [6, 6.07) is 9.74. The van der Waals surface area contributed by atoms with E-state index in [1.54, 1.807) is 36.4 Å². The van der Waals surface area contributed by atoms with Crippen LogP contribution in [0.4, 0.5) is 0 Å². The predicted molar refractivity (Wildman–Crippen MR) is 80.1 cm³/mol. The first kappa shape index (κ1) is 15.8. The Balaban J connectivity index is 2.25. The Morgan fingerprint density at radius 3 is 2.68 bits per heavy atom. The molecular weight excluding hydrogens is 304 g/mol. The van der Waals surface area contributed by atoms with Crippen LogP contribution in [0.5, 0.6) is 0 Å². The van der Waals surface area contributed by atoms with Gasteiger partial charge >= 0.3 is 10.1 Å². The molecule has 0 spiro atoms. The van der Waals surface area contributed by atoms with Crippen LogP contribution in [0.15, 0.2) is 64.4 Å². The van der Waals surface area contributed by atoms with Gasteiger partial charge in [-0.25, -0.2) is 0 Å². The van der Waals surface area contributed by atoms with Gasteiger partial charge < -0.3 is 4.74 Å². The maximum atomic E-state index is 12.0. The van der Waals surface area contributed by atoms with Crippen molar-refractivity contribution in [2.24, 2.45) is 11.1 Å². The van der Waals surface area contributed by atoms with Crippen LogP contribution >= 0.6 is 0 Å². The van der Waals surface area contributed by atoms with Crippen molar-refractivity contribution < 1.29 is 17.4 Å². The number of methoxy groups -OCH3 is 1. The number of hydrogen-bond donors (Lipinski definition) is 0. The Labute approximate surface area is 129 Å². The molecule has 0 aromatic heterocycles. The molecule has 7 heteroatoms. The third kappa shape index (κ3) is 3.74. The van der Waals surface area contributed by atoms with Gasteiger partial charge in [-0.1, -0.05) is 29.4 Å². The highest BCUT2D eigenvalue weighted by Gasteiger charge is 2.20. The molecule has 1 aromatic rings. The van der Waals surface area contributed by atoms with Crippen molar-refractivity contribution in [3.05, 3.63) is 54.3 Å². The molecule has 0 saturated heterocycles. The molecule has 0 aliphatic heterocycles. The van der Waals surface area contributed by atoms with Crippen molar-refractivity contribution in [2.45, 2.75) is 11.3 Å². The second kappa shape index (κ2) is 6.91. The van der Waals surface area contributed by atoms with E-state index in [0.29, 0.717) is 11.5 Å². The van der Waals surface area contributed by atoms with Gasteiger partial charge in [0.2, 0.25) is 0 Å². The minimum absolute atomic E-state index is 0.0125. The van der Waals surface area contributed by atoms with Crippen molar-refractivity contribution in [3.8, 4) is 6.07 Å². The quantitative estimate of drug-likeness (QED) is 0.778. The summed E-state index contributed by atoms with van der Waals surface area (Å²) in [6.07, 6.45) is 5.13. The first-order valence-electron chi connectivity index (χ1n) is 6.44. The fourth-order valence-corrected chi connectivity index (χ4v) is 2.59. The van der Waals surface area contributed by atoms with E-state index in [9.17, 15) is 8.42 Å². The number of hydrogen-bond acceptors (Lipinski definition) is 6. The summed E-state index contributed by atoms with van der Waals surface area (Å²) >= 11 is 0. The molecule has 114 valence electrons. The molecule has 2 rings (SSSR count). The summed E-state index contributed by atoms with van der Waals surface area (Å²) < 4.78 is 33.9. The summed E-state index contributed by atoms with van der Waals surface area (Å²) in [7, 11) is -2.50.